The van der Waals surface area contributed by atoms with E-state index in [2.05, 4.69) is 40.6 Å². The van der Waals surface area contributed by atoms with E-state index >= 15 is 0 Å². The number of nitrogens with zero attached hydrogens (tertiary/aromatic N) is 3. The molecule has 0 spiro atoms. The average molecular weight is 501 g/mol. The molecule has 1 aliphatic rings. The monoisotopic (exact) mass is 500 g/mol. The molecule has 6 nitrogen and oxygen atoms in total. The SMILES string of the molecule is COc1ccc2nc(NC(=O)CCSc3nc4c(cc3C#N)CC(c3ccccc3)CC4)sc2c1. The van der Waals surface area contributed by atoms with Gasteiger partial charge in [0.2, 0.25) is 5.91 Å². The molecule has 0 fully saturated rings. The lowest BCUT2D eigenvalue weighted by Gasteiger charge is -2.25. The van der Waals surface area contributed by atoms with Gasteiger partial charge in [-0.1, -0.05) is 41.7 Å². The number of thioether (sulfide) groups is 1. The Bertz CT molecular complexity index is 1410. The van der Waals surface area contributed by atoms with Gasteiger partial charge in [0.1, 0.15) is 16.8 Å². The molecule has 2 aromatic heterocycles. The zero-order chi connectivity index (χ0) is 24.2. The van der Waals surface area contributed by atoms with Crippen molar-refractivity contribution in [1.29, 1.82) is 5.26 Å². The molecular weight excluding hydrogens is 476 g/mol. The summed E-state index contributed by atoms with van der Waals surface area (Å²) in [5.74, 6) is 1.66. The number of carbonyl (C=O) groups is 1. The number of hydrogen-bond acceptors (Lipinski definition) is 7. The molecule has 1 atom stereocenters. The Hall–Kier alpha value is -3.41. The van der Waals surface area contributed by atoms with E-state index in [1.807, 2.05) is 30.3 Å². The summed E-state index contributed by atoms with van der Waals surface area (Å²) in [5.41, 5.74) is 4.99. The number of amides is 1. The summed E-state index contributed by atoms with van der Waals surface area (Å²) in [6.07, 6.45) is 3.17. The van der Waals surface area contributed by atoms with Crippen LogP contribution in [-0.2, 0) is 17.6 Å². The van der Waals surface area contributed by atoms with Gasteiger partial charge in [-0.05, 0) is 60.6 Å². The number of benzene rings is 2. The Kier molecular flexibility index (Phi) is 6.98. The van der Waals surface area contributed by atoms with Crippen molar-refractivity contribution in [3.8, 4) is 11.8 Å². The fraction of sp³-hybridized carbons (Fsp3) is 0.259. The Balaban J connectivity index is 1.20. The molecule has 2 aromatic carbocycles. The summed E-state index contributed by atoms with van der Waals surface area (Å²) in [4.78, 5) is 21.8. The summed E-state index contributed by atoms with van der Waals surface area (Å²) in [7, 11) is 1.62. The topological polar surface area (TPSA) is 87.9 Å². The first-order valence-corrected chi connectivity index (χ1v) is 13.3. The standard InChI is InChI=1S/C27H24N4O2S2/c1-33-21-8-10-23-24(15-21)35-27(30-23)31-25(32)11-12-34-26-20(16-28)14-19-13-18(7-9-22(19)29-26)17-5-3-2-4-6-17/h2-6,8,10,14-15,18H,7,9,11-13H2,1H3,(H,30,31,32). The van der Waals surface area contributed by atoms with Gasteiger partial charge in [0.25, 0.3) is 0 Å². The summed E-state index contributed by atoms with van der Waals surface area (Å²) >= 11 is 2.88. The third kappa shape index (κ3) is 5.31. The number of carbonyl (C=O) groups excluding carboxylic acids is 1. The molecule has 0 radical (unpaired) electrons. The Morgan fingerprint density at radius 3 is 2.89 bits per heavy atom. The smallest absolute Gasteiger partial charge is 0.226 e. The van der Waals surface area contributed by atoms with E-state index in [9.17, 15) is 10.1 Å². The lowest BCUT2D eigenvalue weighted by atomic mass is 9.82. The molecule has 176 valence electrons. The molecule has 1 N–H and O–H groups in total. The van der Waals surface area contributed by atoms with Gasteiger partial charge in [-0.3, -0.25) is 4.79 Å². The molecule has 1 amide bonds. The van der Waals surface area contributed by atoms with Gasteiger partial charge >= 0.3 is 0 Å². The van der Waals surface area contributed by atoms with E-state index in [1.54, 1.807) is 7.11 Å². The summed E-state index contributed by atoms with van der Waals surface area (Å²) in [5, 5.41) is 13.9. The van der Waals surface area contributed by atoms with Crippen LogP contribution in [0.2, 0.25) is 0 Å². The van der Waals surface area contributed by atoms with Crippen molar-refractivity contribution in [3.63, 3.8) is 0 Å². The van der Waals surface area contributed by atoms with Crippen molar-refractivity contribution in [2.24, 2.45) is 0 Å². The highest BCUT2D eigenvalue weighted by Crippen LogP contribution is 2.34. The highest BCUT2D eigenvalue weighted by atomic mass is 32.2. The average Bonchev–Trinajstić information content (AvgIpc) is 3.29. The molecule has 0 bridgehead atoms. The maximum atomic E-state index is 12.5. The van der Waals surface area contributed by atoms with E-state index in [0.717, 1.165) is 46.5 Å². The number of anilines is 1. The molecule has 0 saturated carbocycles. The van der Waals surface area contributed by atoms with Crippen LogP contribution in [0.4, 0.5) is 5.13 Å². The molecule has 2 heterocycles. The summed E-state index contributed by atoms with van der Waals surface area (Å²) in [6.45, 7) is 0. The van der Waals surface area contributed by atoms with E-state index in [4.69, 9.17) is 9.72 Å². The van der Waals surface area contributed by atoms with Gasteiger partial charge in [-0.15, -0.1) is 11.8 Å². The Morgan fingerprint density at radius 1 is 1.23 bits per heavy atom. The number of fused-ring (bicyclic) bond motifs is 2. The third-order valence-corrected chi connectivity index (χ3v) is 8.08. The number of rotatable bonds is 7. The van der Waals surface area contributed by atoms with E-state index in [-0.39, 0.29) is 5.91 Å². The van der Waals surface area contributed by atoms with Gasteiger partial charge in [0.15, 0.2) is 5.13 Å². The van der Waals surface area contributed by atoms with E-state index in [0.29, 0.717) is 33.8 Å². The molecular formula is C27H24N4O2S2. The number of methoxy groups -OCH3 is 1. The number of nitrogens with one attached hydrogen (secondary N) is 1. The molecule has 5 rings (SSSR count). The van der Waals surface area contributed by atoms with E-state index < -0.39 is 0 Å². The highest BCUT2D eigenvalue weighted by molar-refractivity contribution is 7.99. The first-order chi connectivity index (χ1) is 17.1. The highest BCUT2D eigenvalue weighted by Gasteiger charge is 2.23. The van der Waals surface area contributed by atoms with Gasteiger partial charge < -0.3 is 10.1 Å². The second-order valence-electron chi connectivity index (χ2n) is 8.41. The van der Waals surface area contributed by atoms with Crippen LogP contribution in [0.15, 0.2) is 59.6 Å². The zero-order valence-electron chi connectivity index (χ0n) is 19.3. The molecule has 0 aliphatic heterocycles. The number of nitriles is 1. The molecule has 4 aromatic rings. The maximum absolute atomic E-state index is 12.5. The van der Waals surface area contributed by atoms with Gasteiger partial charge in [-0.2, -0.15) is 5.26 Å². The summed E-state index contributed by atoms with van der Waals surface area (Å²) < 4.78 is 6.21. The minimum atomic E-state index is -0.106. The number of thiazole rings is 1. The van der Waals surface area contributed by atoms with Crippen LogP contribution >= 0.6 is 23.1 Å². The number of ether oxygens (including phenoxy) is 1. The predicted octanol–water partition coefficient (Wildman–Crippen LogP) is 5.96. The van der Waals surface area contributed by atoms with Gasteiger partial charge in [0.05, 0.1) is 22.9 Å². The molecule has 0 saturated heterocycles. The Labute approximate surface area is 212 Å². The lowest BCUT2D eigenvalue weighted by Crippen LogP contribution is -2.15. The fourth-order valence-corrected chi connectivity index (χ4v) is 6.18. The minimum Gasteiger partial charge on any atom is -0.497 e. The molecule has 35 heavy (non-hydrogen) atoms. The lowest BCUT2D eigenvalue weighted by molar-refractivity contribution is -0.115. The molecule has 1 unspecified atom stereocenters. The first kappa shape index (κ1) is 23.3. The predicted molar refractivity (Wildman–Crippen MR) is 140 cm³/mol. The van der Waals surface area contributed by atoms with Crippen molar-refractivity contribution >= 4 is 44.4 Å². The zero-order valence-corrected chi connectivity index (χ0v) is 20.9. The summed E-state index contributed by atoms with van der Waals surface area (Å²) in [6, 6.07) is 20.5. The van der Waals surface area contributed by atoms with Crippen LogP contribution in [0.1, 0.15) is 41.1 Å². The quantitative estimate of drug-likeness (QED) is 0.315. The maximum Gasteiger partial charge on any atom is 0.226 e. The van der Waals surface area contributed by atoms with Crippen molar-refractivity contribution in [2.45, 2.75) is 36.6 Å². The van der Waals surface area contributed by atoms with Crippen LogP contribution in [0.3, 0.4) is 0 Å². The largest absolute Gasteiger partial charge is 0.497 e. The van der Waals surface area contributed by atoms with Crippen LogP contribution in [0.5, 0.6) is 5.75 Å². The first-order valence-electron chi connectivity index (χ1n) is 11.5. The second-order valence-corrected chi connectivity index (χ2v) is 10.5. The normalized spacial score (nSPS) is 14.8. The van der Waals surface area contributed by atoms with Crippen molar-refractivity contribution in [2.75, 3.05) is 18.2 Å². The molecule has 1 aliphatic carbocycles. The van der Waals surface area contributed by atoms with Crippen molar-refractivity contribution < 1.29 is 9.53 Å². The van der Waals surface area contributed by atoms with Crippen LogP contribution in [0, 0.1) is 11.3 Å². The third-order valence-electron chi connectivity index (χ3n) is 6.15. The number of aromatic nitrogens is 2. The number of pyridine rings is 1. The van der Waals surface area contributed by atoms with Crippen LogP contribution in [-0.4, -0.2) is 28.7 Å². The van der Waals surface area contributed by atoms with Gasteiger partial charge in [-0.25, -0.2) is 9.97 Å². The fourth-order valence-electron chi connectivity index (χ4n) is 4.35. The second kappa shape index (κ2) is 10.5. The Morgan fingerprint density at radius 2 is 2.09 bits per heavy atom. The van der Waals surface area contributed by atoms with Crippen LogP contribution < -0.4 is 10.1 Å². The molecule has 8 heteroatoms. The number of aryl methyl sites for hydroxylation is 1. The minimum absolute atomic E-state index is 0.106. The number of hydrogen-bond donors (Lipinski definition) is 1. The van der Waals surface area contributed by atoms with E-state index in [1.165, 1.54) is 28.7 Å². The van der Waals surface area contributed by atoms with Crippen molar-refractivity contribution in [3.05, 3.63) is 77.0 Å². The van der Waals surface area contributed by atoms with Gasteiger partial charge in [0, 0.05) is 17.9 Å². The van der Waals surface area contributed by atoms with Crippen LogP contribution in [0.25, 0.3) is 10.2 Å². The van der Waals surface area contributed by atoms with Crippen molar-refractivity contribution in [1.82, 2.24) is 9.97 Å².